The summed E-state index contributed by atoms with van der Waals surface area (Å²) < 4.78 is 6.78. The molecule has 100 valence electrons. The molecule has 3 nitrogen and oxygen atoms in total. The van der Waals surface area contributed by atoms with Crippen molar-refractivity contribution in [2.24, 2.45) is 0 Å². The van der Waals surface area contributed by atoms with Gasteiger partial charge in [0.15, 0.2) is 0 Å². The van der Waals surface area contributed by atoms with E-state index >= 15 is 0 Å². The smallest absolute Gasteiger partial charge is 0.127 e. The molecule has 1 aliphatic rings. The number of halogens is 1. The van der Waals surface area contributed by atoms with Crippen molar-refractivity contribution in [1.29, 1.82) is 0 Å². The second-order valence-corrected chi connectivity index (χ2v) is 5.59. The molecular formula is C14H20BrNO2. The van der Waals surface area contributed by atoms with Crippen LogP contribution in [0.4, 0.5) is 0 Å². The van der Waals surface area contributed by atoms with Crippen LogP contribution >= 0.6 is 15.9 Å². The standard InChI is InChI=1S/C14H20BrNO2/c1-2-13(17)3-5-16-9-11-8-12(15)7-10-4-6-18-14(10)11/h7-8,13,16-17H,2-6,9H2,1H3. The first-order chi connectivity index (χ1) is 8.70. The van der Waals surface area contributed by atoms with Gasteiger partial charge in [-0.3, -0.25) is 0 Å². The van der Waals surface area contributed by atoms with E-state index in [0.29, 0.717) is 0 Å². The third-order valence-corrected chi connectivity index (χ3v) is 3.72. The van der Waals surface area contributed by atoms with Crippen LogP contribution in [0.15, 0.2) is 16.6 Å². The van der Waals surface area contributed by atoms with Gasteiger partial charge in [-0.15, -0.1) is 0 Å². The zero-order valence-corrected chi connectivity index (χ0v) is 12.3. The number of ether oxygens (including phenoxy) is 1. The first kappa shape index (κ1) is 13.8. The minimum Gasteiger partial charge on any atom is -0.493 e. The van der Waals surface area contributed by atoms with E-state index in [9.17, 15) is 5.11 Å². The van der Waals surface area contributed by atoms with Gasteiger partial charge in [-0.25, -0.2) is 0 Å². The Hall–Kier alpha value is -0.580. The number of nitrogens with one attached hydrogen (secondary N) is 1. The molecule has 0 aliphatic carbocycles. The minimum absolute atomic E-state index is 0.193. The summed E-state index contributed by atoms with van der Waals surface area (Å²) in [7, 11) is 0. The lowest BCUT2D eigenvalue weighted by Crippen LogP contribution is -2.20. The molecule has 0 spiro atoms. The Labute approximate surface area is 117 Å². The van der Waals surface area contributed by atoms with Gasteiger partial charge in [0.1, 0.15) is 5.75 Å². The highest BCUT2D eigenvalue weighted by Crippen LogP contribution is 2.32. The number of aliphatic hydroxyl groups is 1. The van der Waals surface area contributed by atoms with Crippen LogP contribution in [0.25, 0.3) is 0 Å². The molecule has 1 aromatic carbocycles. The van der Waals surface area contributed by atoms with Crippen molar-refractivity contribution in [2.75, 3.05) is 13.2 Å². The lowest BCUT2D eigenvalue weighted by Gasteiger charge is -2.11. The molecule has 0 aromatic heterocycles. The fraction of sp³-hybridized carbons (Fsp3) is 0.571. The molecule has 1 atom stereocenters. The highest BCUT2D eigenvalue weighted by Gasteiger charge is 2.17. The molecule has 0 radical (unpaired) electrons. The first-order valence-corrected chi connectivity index (χ1v) is 7.33. The van der Waals surface area contributed by atoms with Crippen LogP contribution in [-0.2, 0) is 13.0 Å². The van der Waals surface area contributed by atoms with Crippen molar-refractivity contribution in [3.05, 3.63) is 27.7 Å². The Bertz CT molecular complexity index is 409. The van der Waals surface area contributed by atoms with Crippen molar-refractivity contribution in [1.82, 2.24) is 5.32 Å². The third kappa shape index (κ3) is 3.46. The van der Waals surface area contributed by atoms with Gasteiger partial charge in [0.05, 0.1) is 12.7 Å². The Balaban J connectivity index is 1.90. The topological polar surface area (TPSA) is 41.5 Å². The average molecular weight is 314 g/mol. The van der Waals surface area contributed by atoms with Crippen molar-refractivity contribution in [2.45, 2.75) is 38.8 Å². The van der Waals surface area contributed by atoms with E-state index in [4.69, 9.17) is 4.74 Å². The highest BCUT2D eigenvalue weighted by atomic mass is 79.9. The maximum Gasteiger partial charge on any atom is 0.127 e. The molecular weight excluding hydrogens is 294 g/mol. The van der Waals surface area contributed by atoms with Crippen molar-refractivity contribution in [3.63, 3.8) is 0 Å². The van der Waals surface area contributed by atoms with E-state index in [1.807, 2.05) is 6.92 Å². The molecule has 0 bridgehead atoms. The number of fused-ring (bicyclic) bond motifs is 1. The van der Waals surface area contributed by atoms with Crippen molar-refractivity contribution >= 4 is 15.9 Å². The van der Waals surface area contributed by atoms with E-state index < -0.39 is 0 Å². The van der Waals surface area contributed by atoms with E-state index in [0.717, 1.165) is 49.2 Å². The Morgan fingerprint density at radius 1 is 1.50 bits per heavy atom. The SMILES string of the molecule is CCC(O)CCNCc1cc(Br)cc2c1OCC2. The van der Waals surface area contributed by atoms with Crippen LogP contribution in [0.3, 0.4) is 0 Å². The summed E-state index contributed by atoms with van der Waals surface area (Å²) in [5.41, 5.74) is 2.48. The molecule has 18 heavy (non-hydrogen) atoms. The average Bonchev–Trinajstić information content (AvgIpc) is 2.81. The maximum atomic E-state index is 9.48. The summed E-state index contributed by atoms with van der Waals surface area (Å²) in [5, 5.41) is 12.8. The quantitative estimate of drug-likeness (QED) is 0.793. The summed E-state index contributed by atoms with van der Waals surface area (Å²) in [6.45, 7) is 4.40. The minimum atomic E-state index is -0.193. The molecule has 2 rings (SSSR count). The van der Waals surface area contributed by atoms with Crippen molar-refractivity contribution in [3.8, 4) is 5.75 Å². The molecule has 2 N–H and O–H groups in total. The third-order valence-electron chi connectivity index (χ3n) is 3.27. The molecule has 0 amide bonds. The summed E-state index contributed by atoms with van der Waals surface area (Å²) in [6.07, 6.45) is 2.42. The van der Waals surface area contributed by atoms with Crippen LogP contribution in [0.1, 0.15) is 30.9 Å². The summed E-state index contributed by atoms with van der Waals surface area (Å²) in [6, 6.07) is 4.24. The first-order valence-electron chi connectivity index (χ1n) is 6.53. The normalized spacial score (nSPS) is 15.3. The monoisotopic (exact) mass is 313 g/mol. The predicted octanol–water partition coefficient (Wildman–Crippen LogP) is 2.63. The van der Waals surface area contributed by atoms with Crippen molar-refractivity contribution < 1.29 is 9.84 Å². The van der Waals surface area contributed by atoms with E-state index in [-0.39, 0.29) is 6.10 Å². The van der Waals surface area contributed by atoms with Crippen LogP contribution < -0.4 is 10.1 Å². The van der Waals surface area contributed by atoms with Crippen LogP contribution in [0.5, 0.6) is 5.75 Å². The number of benzene rings is 1. The fourth-order valence-electron chi connectivity index (χ4n) is 2.17. The lowest BCUT2D eigenvalue weighted by molar-refractivity contribution is 0.159. The Kier molecular flexibility index (Phi) is 5.03. The Morgan fingerprint density at radius 3 is 3.11 bits per heavy atom. The van der Waals surface area contributed by atoms with Gasteiger partial charge in [-0.1, -0.05) is 22.9 Å². The molecule has 1 aromatic rings. The molecule has 0 saturated carbocycles. The Morgan fingerprint density at radius 2 is 2.33 bits per heavy atom. The van der Waals surface area contributed by atoms with Gasteiger partial charge < -0.3 is 15.2 Å². The number of aliphatic hydroxyl groups excluding tert-OH is 1. The zero-order chi connectivity index (χ0) is 13.0. The van der Waals surface area contributed by atoms with Crippen LogP contribution in [-0.4, -0.2) is 24.4 Å². The van der Waals surface area contributed by atoms with Crippen LogP contribution in [0.2, 0.25) is 0 Å². The van der Waals surface area contributed by atoms with Crippen LogP contribution in [0, 0.1) is 0 Å². The van der Waals surface area contributed by atoms with E-state index in [1.165, 1.54) is 11.1 Å². The fourth-order valence-corrected chi connectivity index (χ4v) is 2.73. The second kappa shape index (κ2) is 6.55. The predicted molar refractivity (Wildman–Crippen MR) is 76.0 cm³/mol. The highest BCUT2D eigenvalue weighted by molar-refractivity contribution is 9.10. The maximum absolute atomic E-state index is 9.48. The molecule has 0 fully saturated rings. The molecule has 1 aliphatic heterocycles. The summed E-state index contributed by atoms with van der Waals surface area (Å²) in [4.78, 5) is 0. The van der Waals surface area contributed by atoms with Gasteiger partial charge >= 0.3 is 0 Å². The van der Waals surface area contributed by atoms with Gasteiger partial charge in [-0.05, 0) is 37.1 Å². The van der Waals surface area contributed by atoms with Gasteiger partial charge in [0, 0.05) is 23.0 Å². The number of hydrogen-bond donors (Lipinski definition) is 2. The summed E-state index contributed by atoms with van der Waals surface area (Å²) in [5.74, 6) is 1.04. The second-order valence-electron chi connectivity index (χ2n) is 4.68. The molecule has 1 heterocycles. The lowest BCUT2D eigenvalue weighted by atomic mass is 10.1. The number of hydrogen-bond acceptors (Lipinski definition) is 3. The molecule has 0 saturated heterocycles. The zero-order valence-electron chi connectivity index (χ0n) is 10.7. The van der Waals surface area contributed by atoms with Gasteiger partial charge in [-0.2, -0.15) is 0 Å². The molecule has 1 unspecified atom stereocenters. The van der Waals surface area contributed by atoms with E-state index in [1.54, 1.807) is 0 Å². The van der Waals surface area contributed by atoms with Gasteiger partial charge in [0.2, 0.25) is 0 Å². The largest absolute Gasteiger partial charge is 0.493 e. The van der Waals surface area contributed by atoms with Gasteiger partial charge in [0.25, 0.3) is 0 Å². The van der Waals surface area contributed by atoms with E-state index in [2.05, 4.69) is 33.4 Å². The number of rotatable bonds is 6. The summed E-state index contributed by atoms with van der Waals surface area (Å²) >= 11 is 3.54. The molecule has 4 heteroatoms.